The molecule has 0 aliphatic heterocycles. The van der Waals surface area contributed by atoms with Gasteiger partial charge in [0.2, 0.25) is 0 Å². The standard InChI is InChI=1S/C19H27NO/c20-14-13-19(21)18-12-6-11-17(15-18)10-5-4-9-16-7-2-1-3-8-16/h6,11-12,15-16,19,21H,1-4,7-9,13-14,20H2/t19-/m1/s1. The Morgan fingerprint density at radius 3 is 2.81 bits per heavy atom. The van der Waals surface area contributed by atoms with Crippen molar-refractivity contribution >= 4 is 0 Å². The molecule has 3 N–H and O–H groups in total. The topological polar surface area (TPSA) is 46.2 Å². The number of hydrogen-bond acceptors (Lipinski definition) is 2. The van der Waals surface area contributed by atoms with Gasteiger partial charge >= 0.3 is 0 Å². The van der Waals surface area contributed by atoms with E-state index in [9.17, 15) is 5.11 Å². The molecule has 2 rings (SSSR count). The summed E-state index contributed by atoms with van der Waals surface area (Å²) >= 11 is 0. The largest absolute Gasteiger partial charge is 0.388 e. The molecule has 2 heteroatoms. The molecular formula is C19H27NO. The molecule has 1 fully saturated rings. The smallest absolute Gasteiger partial charge is 0.0802 e. The van der Waals surface area contributed by atoms with E-state index in [1.807, 2.05) is 24.3 Å². The van der Waals surface area contributed by atoms with Gasteiger partial charge in [-0.05, 0) is 43.0 Å². The van der Waals surface area contributed by atoms with Gasteiger partial charge in [0.05, 0.1) is 6.10 Å². The van der Waals surface area contributed by atoms with Crippen molar-refractivity contribution < 1.29 is 5.11 Å². The van der Waals surface area contributed by atoms with Gasteiger partial charge in [-0.1, -0.05) is 56.1 Å². The summed E-state index contributed by atoms with van der Waals surface area (Å²) in [6.45, 7) is 0.498. The van der Waals surface area contributed by atoms with Crippen molar-refractivity contribution in [3.05, 3.63) is 35.4 Å². The predicted octanol–water partition coefficient (Wildman–Crippen LogP) is 3.78. The normalized spacial score (nSPS) is 17.0. The molecule has 1 aliphatic carbocycles. The summed E-state index contributed by atoms with van der Waals surface area (Å²) in [5.74, 6) is 7.41. The molecule has 0 radical (unpaired) electrons. The summed E-state index contributed by atoms with van der Waals surface area (Å²) < 4.78 is 0. The Morgan fingerprint density at radius 2 is 2.05 bits per heavy atom. The van der Waals surface area contributed by atoms with Gasteiger partial charge in [-0.15, -0.1) is 0 Å². The number of aliphatic hydroxyl groups is 1. The summed E-state index contributed by atoms with van der Waals surface area (Å²) in [6.07, 6.45) is 9.35. The zero-order valence-corrected chi connectivity index (χ0v) is 12.9. The average Bonchev–Trinajstić information content (AvgIpc) is 2.53. The molecule has 0 unspecified atom stereocenters. The lowest BCUT2D eigenvalue weighted by Crippen LogP contribution is -2.06. The Balaban J connectivity index is 1.85. The number of hydrogen-bond donors (Lipinski definition) is 2. The average molecular weight is 285 g/mol. The quantitative estimate of drug-likeness (QED) is 0.809. The van der Waals surface area contributed by atoms with Crippen LogP contribution in [0.1, 0.15) is 68.6 Å². The van der Waals surface area contributed by atoms with Crippen LogP contribution in [0.15, 0.2) is 24.3 Å². The zero-order valence-electron chi connectivity index (χ0n) is 12.9. The van der Waals surface area contributed by atoms with Crippen molar-refractivity contribution in [3.63, 3.8) is 0 Å². The zero-order chi connectivity index (χ0) is 14.9. The van der Waals surface area contributed by atoms with Crippen molar-refractivity contribution in [3.8, 4) is 11.8 Å². The summed E-state index contributed by atoms with van der Waals surface area (Å²) in [5, 5.41) is 9.96. The predicted molar refractivity (Wildman–Crippen MR) is 87.8 cm³/mol. The van der Waals surface area contributed by atoms with Crippen LogP contribution in [0, 0.1) is 17.8 Å². The Hall–Kier alpha value is -1.30. The molecule has 1 aromatic carbocycles. The molecule has 1 aromatic rings. The molecular weight excluding hydrogens is 258 g/mol. The van der Waals surface area contributed by atoms with Crippen molar-refractivity contribution in [1.82, 2.24) is 0 Å². The number of rotatable bonds is 5. The van der Waals surface area contributed by atoms with Gasteiger partial charge < -0.3 is 10.8 Å². The minimum atomic E-state index is -0.473. The van der Waals surface area contributed by atoms with Crippen LogP contribution in [0.2, 0.25) is 0 Å². The molecule has 1 aliphatic rings. The van der Waals surface area contributed by atoms with E-state index in [1.165, 1.54) is 38.5 Å². The van der Waals surface area contributed by atoms with Gasteiger partial charge in [0, 0.05) is 12.0 Å². The van der Waals surface area contributed by atoms with Gasteiger partial charge in [0.15, 0.2) is 0 Å². The maximum Gasteiger partial charge on any atom is 0.0802 e. The number of aliphatic hydroxyl groups excluding tert-OH is 1. The maximum atomic E-state index is 9.96. The molecule has 114 valence electrons. The second-order valence-electron chi connectivity index (χ2n) is 6.06. The minimum absolute atomic E-state index is 0.473. The van der Waals surface area contributed by atoms with Gasteiger partial charge in [-0.2, -0.15) is 0 Å². The highest BCUT2D eigenvalue weighted by atomic mass is 16.3. The third kappa shape index (κ3) is 5.53. The molecule has 0 amide bonds. The lowest BCUT2D eigenvalue weighted by molar-refractivity contribution is 0.170. The van der Waals surface area contributed by atoms with E-state index in [2.05, 4.69) is 11.8 Å². The van der Waals surface area contributed by atoms with Crippen LogP contribution >= 0.6 is 0 Å². The molecule has 0 bridgehead atoms. The van der Waals surface area contributed by atoms with Crippen LogP contribution in [-0.4, -0.2) is 11.7 Å². The van der Waals surface area contributed by atoms with Gasteiger partial charge in [-0.3, -0.25) is 0 Å². The third-order valence-electron chi connectivity index (χ3n) is 4.35. The Morgan fingerprint density at radius 1 is 1.24 bits per heavy atom. The third-order valence-corrected chi connectivity index (χ3v) is 4.35. The minimum Gasteiger partial charge on any atom is -0.388 e. The first-order valence-corrected chi connectivity index (χ1v) is 8.26. The van der Waals surface area contributed by atoms with E-state index in [1.54, 1.807) is 0 Å². The summed E-state index contributed by atoms with van der Waals surface area (Å²) in [4.78, 5) is 0. The Labute approximate surface area is 128 Å². The van der Waals surface area contributed by atoms with Gasteiger partial charge in [0.25, 0.3) is 0 Å². The van der Waals surface area contributed by atoms with Crippen molar-refractivity contribution in [1.29, 1.82) is 0 Å². The molecule has 0 saturated heterocycles. The van der Waals surface area contributed by atoms with Gasteiger partial charge in [0.1, 0.15) is 0 Å². The van der Waals surface area contributed by atoms with E-state index < -0.39 is 6.10 Å². The summed E-state index contributed by atoms with van der Waals surface area (Å²) in [6, 6.07) is 7.88. The van der Waals surface area contributed by atoms with E-state index in [-0.39, 0.29) is 0 Å². The fraction of sp³-hybridized carbons (Fsp3) is 0.579. The second-order valence-corrected chi connectivity index (χ2v) is 6.06. The monoisotopic (exact) mass is 285 g/mol. The highest BCUT2D eigenvalue weighted by Crippen LogP contribution is 2.27. The molecule has 0 aromatic heterocycles. The van der Waals surface area contributed by atoms with Gasteiger partial charge in [-0.25, -0.2) is 0 Å². The van der Waals surface area contributed by atoms with E-state index in [0.29, 0.717) is 13.0 Å². The summed E-state index contributed by atoms with van der Waals surface area (Å²) in [7, 11) is 0. The van der Waals surface area contributed by atoms with E-state index in [4.69, 9.17) is 5.73 Å². The molecule has 1 saturated carbocycles. The fourth-order valence-electron chi connectivity index (χ4n) is 3.06. The van der Waals surface area contributed by atoms with Crippen LogP contribution < -0.4 is 5.73 Å². The highest BCUT2D eigenvalue weighted by Gasteiger charge is 2.11. The SMILES string of the molecule is NCC[C@@H](O)c1cccc(C#CCCC2CCCCC2)c1. The van der Waals surface area contributed by atoms with E-state index >= 15 is 0 Å². The van der Waals surface area contributed by atoms with Crippen LogP contribution in [0.3, 0.4) is 0 Å². The lowest BCUT2D eigenvalue weighted by Gasteiger charge is -2.20. The van der Waals surface area contributed by atoms with Crippen LogP contribution in [0.25, 0.3) is 0 Å². The highest BCUT2D eigenvalue weighted by molar-refractivity contribution is 5.37. The first kappa shape index (κ1) is 16.1. The molecule has 21 heavy (non-hydrogen) atoms. The van der Waals surface area contributed by atoms with Crippen LogP contribution in [-0.2, 0) is 0 Å². The van der Waals surface area contributed by atoms with Crippen LogP contribution in [0.5, 0.6) is 0 Å². The number of nitrogens with two attached hydrogens (primary N) is 1. The van der Waals surface area contributed by atoms with Crippen molar-refractivity contribution in [2.45, 2.75) is 57.5 Å². The van der Waals surface area contributed by atoms with E-state index in [0.717, 1.165) is 23.5 Å². The molecule has 0 heterocycles. The van der Waals surface area contributed by atoms with Crippen molar-refractivity contribution in [2.24, 2.45) is 11.7 Å². The Bertz CT molecular complexity index is 480. The molecule has 1 atom stereocenters. The Kier molecular flexibility index (Phi) is 6.79. The first-order valence-electron chi connectivity index (χ1n) is 8.26. The second kappa shape index (κ2) is 8.87. The lowest BCUT2D eigenvalue weighted by atomic mass is 9.86. The number of benzene rings is 1. The molecule has 0 spiro atoms. The maximum absolute atomic E-state index is 9.96. The molecule has 2 nitrogen and oxygen atoms in total. The first-order chi connectivity index (χ1) is 10.3. The summed E-state index contributed by atoms with van der Waals surface area (Å²) in [5.41, 5.74) is 7.39. The van der Waals surface area contributed by atoms with Crippen LogP contribution in [0.4, 0.5) is 0 Å². The van der Waals surface area contributed by atoms with Crippen molar-refractivity contribution in [2.75, 3.05) is 6.54 Å². The fourth-order valence-corrected chi connectivity index (χ4v) is 3.06.